The van der Waals surface area contributed by atoms with E-state index in [-0.39, 0.29) is 15.0 Å². The molecule has 1 aliphatic rings. The van der Waals surface area contributed by atoms with Gasteiger partial charge in [0.05, 0.1) is 0 Å². The molecule has 1 aromatic carbocycles. The number of fused-ring (bicyclic) bond motifs is 1. The Bertz CT molecular complexity index is 293. The quantitative estimate of drug-likeness (QED) is 0.571. The van der Waals surface area contributed by atoms with Crippen LogP contribution in [0.25, 0.3) is 0 Å². The van der Waals surface area contributed by atoms with Gasteiger partial charge in [-0.05, 0) is 0 Å². The van der Waals surface area contributed by atoms with Crippen molar-refractivity contribution in [2.45, 2.75) is 12.8 Å². The van der Waals surface area contributed by atoms with E-state index in [0.29, 0.717) is 4.68 Å². The van der Waals surface area contributed by atoms with E-state index < -0.39 is 0 Å². The van der Waals surface area contributed by atoms with Gasteiger partial charge in [-0.3, -0.25) is 0 Å². The average molecular weight is 211 g/mol. The second kappa shape index (κ2) is 2.80. The van der Waals surface area contributed by atoms with Crippen LogP contribution in [0, 0.1) is 0 Å². The van der Waals surface area contributed by atoms with E-state index in [1.807, 2.05) is 12.1 Å². The Morgan fingerprint density at radius 1 is 1.18 bits per heavy atom. The molecule has 1 nitrogen and oxygen atoms in total. The van der Waals surface area contributed by atoms with Crippen molar-refractivity contribution in [3.05, 3.63) is 29.8 Å². The third kappa shape index (κ3) is 1.37. The van der Waals surface area contributed by atoms with E-state index in [1.54, 1.807) is 0 Å². The third-order valence-electron chi connectivity index (χ3n) is 1.79. The molecule has 0 saturated carbocycles. The fourth-order valence-corrected chi connectivity index (χ4v) is 3.10. The van der Waals surface area contributed by atoms with Crippen molar-refractivity contribution in [1.82, 2.24) is 0 Å². The predicted molar refractivity (Wildman–Crippen MR) is 45.2 cm³/mol. The van der Waals surface area contributed by atoms with E-state index in [9.17, 15) is 4.79 Å². The molecular weight excluding hydrogens is 203 g/mol. The van der Waals surface area contributed by atoms with Crippen LogP contribution in [0.5, 0.6) is 0 Å². The maximum atomic E-state index is 11.1. The van der Waals surface area contributed by atoms with Crippen LogP contribution in [0.15, 0.2) is 24.3 Å². The summed E-state index contributed by atoms with van der Waals surface area (Å²) >= 11 is 0.106. The Morgan fingerprint density at radius 3 is 2.91 bits per heavy atom. The molecule has 0 aliphatic carbocycles. The van der Waals surface area contributed by atoms with Crippen molar-refractivity contribution in [3.63, 3.8) is 0 Å². The number of rotatable bonds is 0. The van der Waals surface area contributed by atoms with E-state index in [4.69, 9.17) is 0 Å². The summed E-state index contributed by atoms with van der Waals surface area (Å²) in [5, 5.41) is 0. The first kappa shape index (κ1) is 7.08. The van der Waals surface area contributed by atoms with Crippen LogP contribution < -0.4 is 4.46 Å². The Labute approximate surface area is 72.0 Å². The molecule has 11 heavy (non-hydrogen) atoms. The summed E-state index contributed by atoms with van der Waals surface area (Å²) in [4.78, 5) is 11.1. The molecule has 2 heteroatoms. The van der Waals surface area contributed by atoms with Crippen molar-refractivity contribution in [2.75, 3.05) is 0 Å². The molecule has 0 N–H and O–H groups in total. The van der Waals surface area contributed by atoms with Crippen LogP contribution in [0.1, 0.15) is 12.0 Å². The van der Waals surface area contributed by atoms with Crippen LogP contribution >= 0.6 is 0 Å². The zero-order valence-corrected chi connectivity index (χ0v) is 7.75. The summed E-state index contributed by atoms with van der Waals surface area (Å²) in [6.07, 6.45) is 1.72. The summed E-state index contributed by atoms with van der Waals surface area (Å²) < 4.78 is 1.73. The SMILES string of the molecule is O=C1CCc2ccccc2[Se]1. The van der Waals surface area contributed by atoms with Gasteiger partial charge in [-0.1, -0.05) is 0 Å². The van der Waals surface area contributed by atoms with E-state index in [1.165, 1.54) is 10.0 Å². The molecule has 0 amide bonds. The molecule has 0 fully saturated rings. The fourth-order valence-electron chi connectivity index (χ4n) is 1.22. The Morgan fingerprint density at radius 2 is 2.00 bits per heavy atom. The van der Waals surface area contributed by atoms with E-state index in [0.717, 1.165) is 12.8 Å². The number of hydrogen-bond acceptors (Lipinski definition) is 1. The minimum absolute atomic E-state index is 0.106. The van der Waals surface area contributed by atoms with Gasteiger partial charge >= 0.3 is 71.6 Å². The Hall–Kier alpha value is -0.591. The van der Waals surface area contributed by atoms with Crippen LogP contribution in [0.3, 0.4) is 0 Å². The van der Waals surface area contributed by atoms with Crippen molar-refractivity contribution >= 4 is 24.1 Å². The zero-order chi connectivity index (χ0) is 7.68. The van der Waals surface area contributed by atoms with E-state index >= 15 is 0 Å². The predicted octanol–water partition coefficient (Wildman–Crippen LogP) is 0.489. The molecular formula is C9H8OSe. The van der Waals surface area contributed by atoms with Crippen molar-refractivity contribution in [1.29, 1.82) is 0 Å². The summed E-state index contributed by atoms with van der Waals surface area (Å²) in [5.74, 6) is 0. The molecule has 0 unspecified atom stereocenters. The molecule has 1 aromatic rings. The number of benzene rings is 1. The van der Waals surface area contributed by atoms with Crippen LogP contribution in [0.2, 0.25) is 0 Å². The standard InChI is InChI=1S/C9H8OSe/c10-9-6-5-7-3-1-2-4-8(7)11-9/h1-4H,5-6H2. The monoisotopic (exact) mass is 212 g/mol. The van der Waals surface area contributed by atoms with Crippen molar-refractivity contribution in [2.24, 2.45) is 0 Å². The zero-order valence-electron chi connectivity index (χ0n) is 6.04. The third-order valence-corrected chi connectivity index (χ3v) is 4.00. The summed E-state index contributed by atoms with van der Waals surface area (Å²) in [6, 6.07) is 8.26. The molecule has 0 radical (unpaired) electrons. The first-order chi connectivity index (χ1) is 5.36. The molecule has 1 heterocycles. The molecule has 1 aliphatic heterocycles. The number of hydrogen-bond donors (Lipinski definition) is 0. The van der Waals surface area contributed by atoms with E-state index in [2.05, 4.69) is 12.1 Å². The fraction of sp³-hybridized carbons (Fsp3) is 0.222. The van der Waals surface area contributed by atoms with Gasteiger partial charge < -0.3 is 0 Å². The normalized spacial score (nSPS) is 16.2. The minimum atomic E-state index is 0.106. The second-order valence-corrected chi connectivity index (χ2v) is 4.89. The molecule has 0 bridgehead atoms. The van der Waals surface area contributed by atoms with Crippen LogP contribution in [0.4, 0.5) is 0 Å². The molecule has 0 saturated heterocycles. The number of carbonyl (C=O) groups excluding carboxylic acids is 1. The average Bonchev–Trinajstić information content (AvgIpc) is 2.04. The van der Waals surface area contributed by atoms with Crippen molar-refractivity contribution < 1.29 is 4.79 Å². The molecule has 0 aromatic heterocycles. The molecule has 2 rings (SSSR count). The van der Waals surface area contributed by atoms with Crippen LogP contribution in [-0.2, 0) is 11.2 Å². The Kier molecular flexibility index (Phi) is 1.80. The second-order valence-electron chi connectivity index (χ2n) is 2.58. The summed E-state index contributed by atoms with van der Waals surface area (Å²) in [5.41, 5.74) is 1.38. The Balaban J connectivity index is 2.41. The maximum absolute atomic E-state index is 11.1. The molecule has 0 spiro atoms. The van der Waals surface area contributed by atoms with Gasteiger partial charge in [-0.25, -0.2) is 0 Å². The van der Waals surface area contributed by atoms with Crippen molar-refractivity contribution in [3.8, 4) is 0 Å². The number of carbonyl (C=O) groups is 1. The van der Waals surface area contributed by atoms with Crippen LogP contribution in [-0.4, -0.2) is 19.6 Å². The summed E-state index contributed by atoms with van der Waals surface area (Å²) in [7, 11) is 0. The first-order valence-corrected chi connectivity index (χ1v) is 5.36. The van der Waals surface area contributed by atoms with Gasteiger partial charge in [0.1, 0.15) is 0 Å². The van der Waals surface area contributed by atoms with Gasteiger partial charge in [-0.2, -0.15) is 0 Å². The van der Waals surface area contributed by atoms with Gasteiger partial charge in [-0.15, -0.1) is 0 Å². The van der Waals surface area contributed by atoms with Gasteiger partial charge in [0.2, 0.25) is 0 Å². The van der Waals surface area contributed by atoms with Gasteiger partial charge in [0, 0.05) is 0 Å². The number of aryl methyl sites for hydroxylation is 1. The topological polar surface area (TPSA) is 17.1 Å². The molecule has 56 valence electrons. The molecule has 0 atom stereocenters. The van der Waals surface area contributed by atoms with Gasteiger partial charge in [0.25, 0.3) is 0 Å². The summed E-state index contributed by atoms with van der Waals surface area (Å²) in [6.45, 7) is 0. The first-order valence-electron chi connectivity index (χ1n) is 3.65. The van der Waals surface area contributed by atoms with Gasteiger partial charge in [0.15, 0.2) is 0 Å².